The van der Waals surface area contributed by atoms with E-state index in [0.29, 0.717) is 12.8 Å². The number of carbonyl (C=O) groups is 1. The van der Waals surface area contributed by atoms with E-state index < -0.39 is 0 Å². The summed E-state index contributed by atoms with van der Waals surface area (Å²) in [6, 6.07) is 0. The number of aryl methyl sites for hydroxylation is 2. The molecule has 1 fully saturated rings. The fourth-order valence-corrected chi connectivity index (χ4v) is 2.65. The maximum absolute atomic E-state index is 12.0. The second-order valence-corrected chi connectivity index (χ2v) is 7.44. The van der Waals surface area contributed by atoms with E-state index in [2.05, 4.69) is 36.0 Å². The van der Waals surface area contributed by atoms with Crippen LogP contribution in [0.1, 0.15) is 51.0 Å². The van der Waals surface area contributed by atoms with Gasteiger partial charge in [0.15, 0.2) is 5.89 Å². The number of morpholine rings is 1. The summed E-state index contributed by atoms with van der Waals surface area (Å²) in [5, 5.41) is 2.99. The van der Waals surface area contributed by atoms with Crippen molar-refractivity contribution in [2.45, 2.75) is 52.4 Å². The predicted octanol–water partition coefficient (Wildman–Crippen LogP) is 2.05. The Kier molecular flexibility index (Phi) is 6.80. The largest absolute Gasteiger partial charge is 0.445 e. The zero-order chi connectivity index (χ0) is 17.6. The first-order chi connectivity index (χ1) is 11.4. The second kappa shape index (κ2) is 8.62. The molecular formula is C18H31N3O3. The van der Waals surface area contributed by atoms with E-state index in [1.807, 2.05) is 6.92 Å². The Morgan fingerprint density at radius 1 is 1.29 bits per heavy atom. The molecule has 2 heterocycles. The van der Waals surface area contributed by atoms with Gasteiger partial charge < -0.3 is 14.5 Å². The van der Waals surface area contributed by atoms with Gasteiger partial charge in [-0.1, -0.05) is 20.8 Å². The van der Waals surface area contributed by atoms with Gasteiger partial charge in [0.05, 0.1) is 18.9 Å². The predicted molar refractivity (Wildman–Crippen MR) is 93.1 cm³/mol. The van der Waals surface area contributed by atoms with Gasteiger partial charge >= 0.3 is 0 Å². The van der Waals surface area contributed by atoms with E-state index in [-0.39, 0.29) is 11.3 Å². The SMILES string of the molecule is Cc1nc(C(C)(C)C)oc1CCC(=O)NCCCN1CCOCC1. The average molecular weight is 337 g/mol. The molecule has 0 bridgehead atoms. The van der Waals surface area contributed by atoms with Crippen LogP contribution in [-0.4, -0.2) is 55.2 Å². The van der Waals surface area contributed by atoms with Crippen molar-refractivity contribution in [1.82, 2.24) is 15.2 Å². The van der Waals surface area contributed by atoms with E-state index in [4.69, 9.17) is 9.15 Å². The summed E-state index contributed by atoms with van der Waals surface area (Å²) in [5.74, 6) is 1.63. The molecule has 0 aliphatic carbocycles. The van der Waals surface area contributed by atoms with E-state index >= 15 is 0 Å². The number of amides is 1. The van der Waals surface area contributed by atoms with Crippen molar-refractivity contribution in [3.63, 3.8) is 0 Å². The van der Waals surface area contributed by atoms with E-state index in [0.717, 1.165) is 63.2 Å². The number of hydrogen-bond donors (Lipinski definition) is 1. The molecule has 0 radical (unpaired) electrons. The van der Waals surface area contributed by atoms with Crippen LogP contribution in [0.15, 0.2) is 4.42 Å². The van der Waals surface area contributed by atoms with E-state index in [9.17, 15) is 4.79 Å². The number of carbonyl (C=O) groups excluding carboxylic acids is 1. The lowest BCUT2D eigenvalue weighted by atomic mass is 9.97. The highest BCUT2D eigenvalue weighted by molar-refractivity contribution is 5.76. The highest BCUT2D eigenvalue weighted by Gasteiger charge is 2.22. The third kappa shape index (κ3) is 5.91. The maximum Gasteiger partial charge on any atom is 0.220 e. The number of aromatic nitrogens is 1. The van der Waals surface area contributed by atoms with E-state index in [1.54, 1.807) is 0 Å². The number of rotatable bonds is 7. The Morgan fingerprint density at radius 2 is 2.00 bits per heavy atom. The third-order valence-electron chi connectivity index (χ3n) is 4.19. The molecule has 6 heteroatoms. The van der Waals surface area contributed by atoms with E-state index in [1.165, 1.54) is 0 Å². The molecule has 1 aromatic rings. The van der Waals surface area contributed by atoms with Gasteiger partial charge in [0.25, 0.3) is 0 Å². The first kappa shape index (κ1) is 18.9. The Hall–Kier alpha value is -1.40. The van der Waals surface area contributed by atoms with Crippen molar-refractivity contribution in [3.05, 3.63) is 17.3 Å². The summed E-state index contributed by atoms with van der Waals surface area (Å²) >= 11 is 0. The third-order valence-corrected chi connectivity index (χ3v) is 4.19. The van der Waals surface area contributed by atoms with Gasteiger partial charge in [-0.15, -0.1) is 0 Å². The number of nitrogens with one attached hydrogen (secondary N) is 1. The molecule has 0 spiro atoms. The first-order valence-corrected chi connectivity index (χ1v) is 8.90. The molecule has 0 unspecified atom stereocenters. The van der Waals surface area contributed by atoms with Crippen LogP contribution in [0.4, 0.5) is 0 Å². The summed E-state index contributed by atoms with van der Waals surface area (Å²) in [7, 11) is 0. The molecular weight excluding hydrogens is 306 g/mol. The Morgan fingerprint density at radius 3 is 2.62 bits per heavy atom. The number of nitrogens with zero attached hydrogens (tertiary/aromatic N) is 2. The zero-order valence-corrected chi connectivity index (χ0v) is 15.5. The lowest BCUT2D eigenvalue weighted by Crippen LogP contribution is -2.38. The van der Waals surface area contributed by atoms with Crippen LogP contribution in [0, 0.1) is 6.92 Å². The van der Waals surface area contributed by atoms with Crippen LogP contribution in [0.5, 0.6) is 0 Å². The Bertz CT molecular complexity index is 528. The van der Waals surface area contributed by atoms with Crippen LogP contribution in [0.3, 0.4) is 0 Å². The van der Waals surface area contributed by atoms with Crippen LogP contribution in [0.25, 0.3) is 0 Å². The minimum absolute atomic E-state index is 0.0742. The molecule has 1 N–H and O–H groups in total. The summed E-state index contributed by atoms with van der Waals surface area (Å²) in [4.78, 5) is 18.8. The van der Waals surface area contributed by atoms with Gasteiger partial charge in [0.1, 0.15) is 5.76 Å². The van der Waals surface area contributed by atoms with Gasteiger partial charge in [-0.3, -0.25) is 9.69 Å². The number of ether oxygens (including phenoxy) is 1. The summed E-state index contributed by atoms with van der Waals surface area (Å²) in [5.41, 5.74) is 0.783. The molecule has 1 aliphatic rings. The summed E-state index contributed by atoms with van der Waals surface area (Å²) in [6.45, 7) is 13.5. The molecule has 1 saturated heterocycles. The summed E-state index contributed by atoms with van der Waals surface area (Å²) in [6.07, 6.45) is 2.02. The smallest absolute Gasteiger partial charge is 0.220 e. The van der Waals surface area contributed by atoms with Gasteiger partial charge in [-0.05, 0) is 19.9 Å². The van der Waals surface area contributed by atoms with Crippen LogP contribution < -0.4 is 5.32 Å². The maximum atomic E-state index is 12.0. The number of hydrogen-bond acceptors (Lipinski definition) is 5. The monoisotopic (exact) mass is 337 g/mol. The lowest BCUT2D eigenvalue weighted by molar-refractivity contribution is -0.121. The highest BCUT2D eigenvalue weighted by atomic mass is 16.5. The molecule has 0 saturated carbocycles. The molecule has 1 aliphatic heterocycles. The van der Waals surface area contributed by atoms with Gasteiger partial charge in [0.2, 0.25) is 5.91 Å². The minimum Gasteiger partial charge on any atom is -0.445 e. The van der Waals surface area contributed by atoms with Gasteiger partial charge in [0, 0.05) is 37.9 Å². The highest BCUT2D eigenvalue weighted by Crippen LogP contribution is 2.24. The van der Waals surface area contributed by atoms with Crippen molar-refractivity contribution >= 4 is 5.91 Å². The average Bonchev–Trinajstić information content (AvgIpc) is 2.92. The van der Waals surface area contributed by atoms with Gasteiger partial charge in [-0.2, -0.15) is 0 Å². The van der Waals surface area contributed by atoms with Crippen molar-refractivity contribution in [3.8, 4) is 0 Å². The fourth-order valence-electron chi connectivity index (χ4n) is 2.65. The molecule has 6 nitrogen and oxygen atoms in total. The second-order valence-electron chi connectivity index (χ2n) is 7.44. The number of oxazole rings is 1. The van der Waals surface area contributed by atoms with Crippen LogP contribution in [0.2, 0.25) is 0 Å². The molecule has 0 atom stereocenters. The zero-order valence-electron chi connectivity index (χ0n) is 15.5. The van der Waals surface area contributed by atoms with Crippen molar-refractivity contribution < 1.29 is 13.9 Å². The van der Waals surface area contributed by atoms with Crippen LogP contribution in [-0.2, 0) is 21.4 Å². The normalized spacial score (nSPS) is 16.3. The standard InChI is InChI=1S/C18H31N3O3/c1-14-15(24-17(20-14)18(2,3)4)6-7-16(22)19-8-5-9-21-10-12-23-13-11-21/h5-13H2,1-4H3,(H,19,22). The Labute approximate surface area is 144 Å². The molecule has 24 heavy (non-hydrogen) atoms. The lowest BCUT2D eigenvalue weighted by Gasteiger charge is -2.26. The molecule has 2 rings (SSSR count). The molecule has 1 amide bonds. The Balaban J connectivity index is 1.65. The molecule has 1 aromatic heterocycles. The molecule has 136 valence electrons. The van der Waals surface area contributed by atoms with Crippen molar-refractivity contribution in [2.24, 2.45) is 0 Å². The summed E-state index contributed by atoms with van der Waals surface area (Å²) < 4.78 is 11.1. The van der Waals surface area contributed by atoms with Crippen molar-refractivity contribution in [1.29, 1.82) is 0 Å². The van der Waals surface area contributed by atoms with Gasteiger partial charge in [-0.25, -0.2) is 4.98 Å². The minimum atomic E-state index is -0.106. The topological polar surface area (TPSA) is 67.6 Å². The fraction of sp³-hybridized carbons (Fsp3) is 0.778. The van der Waals surface area contributed by atoms with Crippen molar-refractivity contribution in [2.75, 3.05) is 39.4 Å². The molecule has 0 aromatic carbocycles. The quantitative estimate of drug-likeness (QED) is 0.771. The first-order valence-electron chi connectivity index (χ1n) is 8.90. The van der Waals surface area contributed by atoms with Crippen LogP contribution >= 0.6 is 0 Å².